The Bertz CT molecular complexity index is 205. The van der Waals surface area contributed by atoms with Crippen molar-refractivity contribution >= 4 is 29.1 Å². The molecule has 3 atom stereocenters. The average Bonchev–Trinajstić information content (AvgIpc) is 2.31. The Hall–Kier alpha value is -0.0300. The van der Waals surface area contributed by atoms with Gasteiger partial charge in [-0.05, 0) is 12.8 Å². The zero-order valence-electron chi connectivity index (χ0n) is 9.71. The summed E-state index contributed by atoms with van der Waals surface area (Å²) in [6.45, 7) is 2.77. The van der Waals surface area contributed by atoms with Gasteiger partial charge in [-0.3, -0.25) is 4.79 Å². The molecule has 16 heavy (non-hydrogen) atoms. The van der Waals surface area contributed by atoms with Crippen LogP contribution in [0.5, 0.6) is 0 Å². The van der Waals surface area contributed by atoms with Crippen LogP contribution in [0.3, 0.4) is 0 Å². The Morgan fingerprint density at radius 3 is 2.56 bits per heavy atom. The van der Waals surface area contributed by atoms with Gasteiger partial charge in [0.15, 0.2) is 0 Å². The first-order valence-corrected chi connectivity index (χ1v) is 6.21. The number of hydrogen-bond acceptors (Lipinski definition) is 3. The van der Waals surface area contributed by atoms with Crippen molar-refractivity contribution in [1.82, 2.24) is 5.32 Å². The number of carbonyl (C=O) groups excluding carboxylic acids is 1. The number of nitrogens with two attached hydrogens (primary N) is 1. The molecule has 6 heteroatoms. The quantitative estimate of drug-likeness (QED) is 0.649. The second-order valence-corrected chi connectivity index (χ2v) is 4.58. The molecule has 1 amide bonds. The Morgan fingerprint density at radius 2 is 2.12 bits per heavy atom. The molecule has 0 heterocycles. The molecule has 0 aliphatic heterocycles. The van der Waals surface area contributed by atoms with E-state index in [9.17, 15) is 4.79 Å². The molecule has 0 spiro atoms. The van der Waals surface area contributed by atoms with E-state index in [0.717, 1.165) is 12.8 Å². The van der Waals surface area contributed by atoms with E-state index in [-0.39, 0.29) is 18.5 Å². The van der Waals surface area contributed by atoms with Crippen LogP contribution >= 0.6 is 23.2 Å². The highest BCUT2D eigenvalue weighted by atomic mass is 35.5. The highest BCUT2D eigenvalue weighted by molar-refractivity contribution is 6.37. The lowest BCUT2D eigenvalue weighted by Crippen LogP contribution is -2.44. The number of ether oxygens (including phenoxy) is 1. The van der Waals surface area contributed by atoms with E-state index < -0.39 is 10.8 Å². The molecule has 0 rings (SSSR count). The summed E-state index contributed by atoms with van der Waals surface area (Å²) in [7, 11) is 1.63. The van der Waals surface area contributed by atoms with Crippen LogP contribution in [0.25, 0.3) is 0 Å². The topological polar surface area (TPSA) is 64.3 Å². The molecule has 3 N–H and O–H groups in total. The third-order valence-electron chi connectivity index (χ3n) is 2.30. The highest BCUT2D eigenvalue weighted by Crippen LogP contribution is 2.10. The molecule has 0 bridgehead atoms. The van der Waals surface area contributed by atoms with Gasteiger partial charge in [0.05, 0.1) is 5.38 Å². The SMILES string of the molecule is CCC(CCOC)NC(=O)[C@@H](Cl)C(Cl)CN. The van der Waals surface area contributed by atoms with Crippen molar-refractivity contribution in [3.05, 3.63) is 0 Å². The fourth-order valence-electron chi connectivity index (χ4n) is 1.20. The fraction of sp³-hybridized carbons (Fsp3) is 0.900. The summed E-state index contributed by atoms with van der Waals surface area (Å²) >= 11 is 11.7. The van der Waals surface area contributed by atoms with E-state index in [1.165, 1.54) is 0 Å². The first-order valence-electron chi connectivity index (χ1n) is 5.34. The average molecular weight is 271 g/mol. The number of alkyl halides is 2. The second-order valence-electron chi connectivity index (χ2n) is 3.55. The molecule has 0 saturated carbocycles. The fourth-order valence-corrected chi connectivity index (χ4v) is 1.48. The first-order chi connectivity index (χ1) is 7.56. The van der Waals surface area contributed by atoms with Crippen LogP contribution in [0.1, 0.15) is 19.8 Å². The maximum Gasteiger partial charge on any atom is 0.239 e. The van der Waals surface area contributed by atoms with E-state index in [0.29, 0.717) is 6.61 Å². The maximum atomic E-state index is 11.7. The summed E-state index contributed by atoms with van der Waals surface area (Å²) in [5.74, 6) is -0.268. The lowest BCUT2D eigenvalue weighted by Gasteiger charge is -2.20. The van der Waals surface area contributed by atoms with Crippen LogP contribution in [0.15, 0.2) is 0 Å². The lowest BCUT2D eigenvalue weighted by molar-refractivity contribution is -0.121. The van der Waals surface area contributed by atoms with Crippen LogP contribution in [-0.4, -0.2) is 43.0 Å². The lowest BCUT2D eigenvalue weighted by atomic mass is 10.1. The molecular formula is C10H20Cl2N2O2. The predicted octanol–water partition coefficient (Wildman–Crippen LogP) is 1.09. The van der Waals surface area contributed by atoms with E-state index in [2.05, 4.69) is 5.32 Å². The molecule has 0 aromatic carbocycles. The molecule has 0 aromatic heterocycles. The molecule has 96 valence electrons. The van der Waals surface area contributed by atoms with Crippen LogP contribution < -0.4 is 11.1 Å². The number of amides is 1. The van der Waals surface area contributed by atoms with Crippen LogP contribution in [0, 0.1) is 0 Å². The Morgan fingerprint density at radius 1 is 1.50 bits per heavy atom. The molecule has 0 saturated heterocycles. The zero-order chi connectivity index (χ0) is 12.6. The van der Waals surface area contributed by atoms with Crippen molar-refractivity contribution < 1.29 is 9.53 Å². The Kier molecular flexibility index (Phi) is 9.03. The van der Waals surface area contributed by atoms with Gasteiger partial charge < -0.3 is 15.8 Å². The van der Waals surface area contributed by atoms with Crippen LogP contribution in [0.2, 0.25) is 0 Å². The predicted molar refractivity (Wildman–Crippen MR) is 67.1 cm³/mol. The van der Waals surface area contributed by atoms with Crippen molar-refractivity contribution in [1.29, 1.82) is 0 Å². The van der Waals surface area contributed by atoms with Gasteiger partial charge >= 0.3 is 0 Å². The summed E-state index contributed by atoms with van der Waals surface area (Å²) in [6, 6.07) is 0.0651. The van der Waals surface area contributed by atoms with Gasteiger partial charge in [-0.25, -0.2) is 0 Å². The number of hydrogen-bond donors (Lipinski definition) is 2. The van der Waals surface area contributed by atoms with Crippen molar-refractivity contribution in [2.75, 3.05) is 20.3 Å². The van der Waals surface area contributed by atoms with Gasteiger partial charge in [0.1, 0.15) is 5.38 Å². The van der Waals surface area contributed by atoms with Gasteiger partial charge in [0.25, 0.3) is 0 Å². The molecule has 2 unspecified atom stereocenters. The monoisotopic (exact) mass is 270 g/mol. The van der Waals surface area contributed by atoms with E-state index >= 15 is 0 Å². The summed E-state index contributed by atoms with van der Waals surface area (Å²) < 4.78 is 4.95. The van der Waals surface area contributed by atoms with Crippen LogP contribution in [-0.2, 0) is 9.53 Å². The standard InChI is InChI=1S/C10H20Cl2N2O2/c1-3-7(4-5-16-2)14-10(15)9(12)8(11)6-13/h7-9H,3-6,13H2,1-2H3,(H,14,15)/t7?,8?,9-/m0/s1. The smallest absolute Gasteiger partial charge is 0.239 e. The molecular weight excluding hydrogens is 251 g/mol. The minimum absolute atomic E-state index is 0.0651. The van der Waals surface area contributed by atoms with E-state index in [1.54, 1.807) is 7.11 Å². The minimum atomic E-state index is -0.789. The summed E-state index contributed by atoms with van der Waals surface area (Å²) in [5, 5.41) is 1.50. The van der Waals surface area contributed by atoms with Crippen molar-refractivity contribution in [2.24, 2.45) is 5.73 Å². The third-order valence-corrected chi connectivity index (χ3v) is 3.36. The number of methoxy groups -OCH3 is 1. The minimum Gasteiger partial charge on any atom is -0.385 e. The number of rotatable bonds is 8. The van der Waals surface area contributed by atoms with Gasteiger partial charge in [-0.1, -0.05) is 6.92 Å². The number of carbonyl (C=O) groups is 1. The van der Waals surface area contributed by atoms with Gasteiger partial charge in [-0.2, -0.15) is 0 Å². The van der Waals surface area contributed by atoms with Gasteiger partial charge in [0.2, 0.25) is 5.91 Å². The molecule has 0 aromatic rings. The molecule has 0 aliphatic carbocycles. The molecule has 4 nitrogen and oxygen atoms in total. The van der Waals surface area contributed by atoms with Crippen molar-refractivity contribution in [3.63, 3.8) is 0 Å². The Labute approximate surface area is 107 Å². The van der Waals surface area contributed by atoms with Crippen molar-refractivity contribution in [3.8, 4) is 0 Å². The summed E-state index contributed by atoms with van der Waals surface area (Å²) in [4.78, 5) is 11.7. The molecule has 0 radical (unpaired) electrons. The Balaban J connectivity index is 4.08. The van der Waals surface area contributed by atoms with Gasteiger partial charge in [0, 0.05) is 26.3 Å². The summed E-state index contributed by atoms with van der Waals surface area (Å²) in [6.07, 6.45) is 1.59. The van der Waals surface area contributed by atoms with E-state index in [1.807, 2.05) is 6.92 Å². The summed E-state index contributed by atoms with van der Waals surface area (Å²) in [5.41, 5.74) is 5.34. The van der Waals surface area contributed by atoms with Crippen LogP contribution in [0.4, 0.5) is 0 Å². The second kappa shape index (κ2) is 9.05. The zero-order valence-corrected chi connectivity index (χ0v) is 11.2. The van der Waals surface area contributed by atoms with Crippen molar-refractivity contribution in [2.45, 2.75) is 36.6 Å². The number of nitrogens with one attached hydrogen (secondary N) is 1. The van der Waals surface area contributed by atoms with Gasteiger partial charge in [-0.15, -0.1) is 23.2 Å². The largest absolute Gasteiger partial charge is 0.385 e. The number of halogens is 2. The maximum absolute atomic E-state index is 11.7. The van der Waals surface area contributed by atoms with E-state index in [4.69, 9.17) is 33.7 Å². The molecule has 0 fully saturated rings. The third kappa shape index (κ3) is 5.89. The first kappa shape index (κ1) is 16.0. The molecule has 0 aliphatic rings. The highest BCUT2D eigenvalue weighted by Gasteiger charge is 2.24. The normalized spacial score (nSPS) is 16.6.